The SMILES string of the molecule is CN(C)C=C1CC=C(O)C(=CN(C)C)C1=CN(C)C. The molecule has 4 nitrogen and oxygen atoms in total. The molecule has 1 rings (SSSR count). The molecule has 0 radical (unpaired) electrons. The molecule has 0 saturated heterocycles. The number of allylic oxidation sites excluding steroid dienone is 3. The summed E-state index contributed by atoms with van der Waals surface area (Å²) in [5.74, 6) is 0.345. The van der Waals surface area contributed by atoms with Gasteiger partial charge in [0.05, 0.1) is 0 Å². The van der Waals surface area contributed by atoms with E-state index >= 15 is 0 Å². The highest BCUT2D eigenvalue weighted by Gasteiger charge is 2.20. The van der Waals surface area contributed by atoms with Gasteiger partial charge in [0, 0.05) is 72.0 Å². The van der Waals surface area contributed by atoms with E-state index in [1.807, 2.05) is 75.5 Å². The average Bonchev–Trinajstić information content (AvgIpc) is 2.25. The molecule has 1 aliphatic rings. The molecule has 0 spiro atoms. The molecule has 0 aromatic heterocycles. The van der Waals surface area contributed by atoms with Crippen LogP contribution in [0, 0.1) is 0 Å². The normalized spacial score (nSPS) is 21.8. The van der Waals surface area contributed by atoms with Gasteiger partial charge in [-0.2, -0.15) is 0 Å². The van der Waals surface area contributed by atoms with Crippen molar-refractivity contribution in [3.8, 4) is 0 Å². The smallest absolute Gasteiger partial charge is 0.121 e. The molecule has 0 saturated carbocycles. The highest BCUT2D eigenvalue weighted by atomic mass is 16.3. The molecule has 4 heteroatoms. The van der Waals surface area contributed by atoms with E-state index in [-0.39, 0.29) is 0 Å². The maximum absolute atomic E-state index is 10.1. The van der Waals surface area contributed by atoms with Crippen LogP contribution in [0.5, 0.6) is 0 Å². The number of aliphatic hydroxyl groups excluding tert-OH is 1. The van der Waals surface area contributed by atoms with Crippen molar-refractivity contribution in [1.82, 2.24) is 14.7 Å². The number of aliphatic hydroxyl groups is 1. The van der Waals surface area contributed by atoms with Crippen molar-refractivity contribution in [2.24, 2.45) is 0 Å². The first kappa shape index (κ1) is 15.2. The molecular weight excluding hydrogens is 238 g/mol. The van der Waals surface area contributed by atoms with Crippen LogP contribution in [0.15, 0.2) is 47.2 Å². The predicted octanol–water partition coefficient (Wildman–Crippen LogP) is 2.17. The molecule has 19 heavy (non-hydrogen) atoms. The predicted molar refractivity (Wildman–Crippen MR) is 80.6 cm³/mol. The van der Waals surface area contributed by atoms with Crippen LogP contribution in [0.4, 0.5) is 0 Å². The molecule has 106 valence electrons. The van der Waals surface area contributed by atoms with E-state index in [0.29, 0.717) is 5.76 Å². The van der Waals surface area contributed by atoms with Gasteiger partial charge in [0.2, 0.25) is 0 Å². The number of nitrogens with zero attached hydrogens (tertiary/aromatic N) is 3. The van der Waals surface area contributed by atoms with Crippen molar-refractivity contribution >= 4 is 0 Å². The summed E-state index contributed by atoms with van der Waals surface area (Å²) in [5, 5.41) is 10.1. The second kappa shape index (κ2) is 6.36. The monoisotopic (exact) mass is 263 g/mol. The van der Waals surface area contributed by atoms with E-state index in [9.17, 15) is 5.11 Å². The third kappa shape index (κ3) is 4.39. The fourth-order valence-electron chi connectivity index (χ4n) is 1.98. The highest BCUT2D eigenvalue weighted by Crippen LogP contribution is 2.32. The third-order valence-corrected chi connectivity index (χ3v) is 2.62. The van der Waals surface area contributed by atoms with Crippen molar-refractivity contribution in [3.05, 3.63) is 47.2 Å². The van der Waals surface area contributed by atoms with Crippen molar-refractivity contribution in [2.75, 3.05) is 42.3 Å². The van der Waals surface area contributed by atoms with Gasteiger partial charge in [-0.3, -0.25) is 0 Å². The van der Waals surface area contributed by atoms with Crippen LogP contribution in [0.1, 0.15) is 6.42 Å². The summed E-state index contributed by atoms with van der Waals surface area (Å²) < 4.78 is 0. The zero-order valence-corrected chi connectivity index (χ0v) is 12.8. The summed E-state index contributed by atoms with van der Waals surface area (Å²) in [5.41, 5.74) is 3.12. The van der Waals surface area contributed by atoms with Crippen molar-refractivity contribution in [2.45, 2.75) is 6.42 Å². The Hall–Kier alpha value is -1.84. The number of hydrogen-bond donors (Lipinski definition) is 1. The van der Waals surface area contributed by atoms with Crippen LogP contribution in [-0.2, 0) is 0 Å². The fourth-order valence-corrected chi connectivity index (χ4v) is 1.98. The standard InChI is InChI=1S/C15H25N3O/c1-16(2)9-12-7-8-15(19)14(11-18(5)6)13(12)10-17(3)4/h8-11,19H,7H2,1-6H3. The Balaban J connectivity index is 3.34. The molecule has 0 bridgehead atoms. The first-order valence-electron chi connectivity index (χ1n) is 6.35. The van der Waals surface area contributed by atoms with Gasteiger partial charge in [-0.25, -0.2) is 0 Å². The van der Waals surface area contributed by atoms with Gasteiger partial charge in [-0.05, 0) is 18.1 Å². The van der Waals surface area contributed by atoms with E-state index in [1.165, 1.54) is 5.57 Å². The van der Waals surface area contributed by atoms with E-state index in [1.54, 1.807) is 0 Å². The molecule has 1 aliphatic carbocycles. The topological polar surface area (TPSA) is 30.0 Å². The lowest BCUT2D eigenvalue weighted by molar-refractivity contribution is 0.414. The first-order chi connectivity index (χ1) is 8.81. The van der Waals surface area contributed by atoms with Crippen LogP contribution in [-0.4, -0.2) is 62.1 Å². The van der Waals surface area contributed by atoms with Gasteiger partial charge >= 0.3 is 0 Å². The van der Waals surface area contributed by atoms with Crippen LogP contribution >= 0.6 is 0 Å². The lowest BCUT2D eigenvalue weighted by atomic mass is 9.90. The lowest BCUT2D eigenvalue weighted by Gasteiger charge is -2.24. The van der Waals surface area contributed by atoms with E-state index in [0.717, 1.165) is 17.6 Å². The summed E-state index contributed by atoms with van der Waals surface area (Å²) >= 11 is 0. The second-order valence-corrected chi connectivity index (χ2v) is 5.42. The Bertz CT molecular complexity index is 440. The van der Waals surface area contributed by atoms with Crippen LogP contribution in [0.3, 0.4) is 0 Å². The molecular formula is C15H25N3O. The first-order valence-corrected chi connectivity index (χ1v) is 6.35. The highest BCUT2D eigenvalue weighted by molar-refractivity contribution is 5.57. The van der Waals surface area contributed by atoms with Gasteiger partial charge in [0.25, 0.3) is 0 Å². The van der Waals surface area contributed by atoms with Crippen LogP contribution in [0.25, 0.3) is 0 Å². The molecule has 0 heterocycles. The van der Waals surface area contributed by atoms with Gasteiger partial charge < -0.3 is 19.8 Å². The molecule has 0 aromatic carbocycles. The molecule has 0 amide bonds. The molecule has 0 atom stereocenters. The minimum Gasteiger partial charge on any atom is -0.508 e. The third-order valence-electron chi connectivity index (χ3n) is 2.62. The van der Waals surface area contributed by atoms with Crippen molar-refractivity contribution < 1.29 is 5.11 Å². The quantitative estimate of drug-likeness (QED) is 0.845. The summed E-state index contributed by atoms with van der Waals surface area (Å²) in [6, 6.07) is 0. The fraction of sp³-hybridized carbons (Fsp3) is 0.467. The zero-order chi connectivity index (χ0) is 14.6. The minimum absolute atomic E-state index is 0.345. The zero-order valence-electron chi connectivity index (χ0n) is 12.8. The Labute approximate surface area is 116 Å². The maximum Gasteiger partial charge on any atom is 0.121 e. The van der Waals surface area contributed by atoms with Gasteiger partial charge in [0.15, 0.2) is 0 Å². The van der Waals surface area contributed by atoms with Crippen LogP contribution in [0.2, 0.25) is 0 Å². The van der Waals surface area contributed by atoms with E-state index in [2.05, 4.69) is 6.20 Å². The summed E-state index contributed by atoms with van der Waals surface area (Å²) in [6.45, 7) is 0. The van der Waals surface area contributed by atoms with Crippen LogP contribution < -0.4 is 0 Å². The average molecular weight is 263 g/mol. The van der Waals surface area contributed by atoms with Crippen molar-refractivity contribution in [1.29, 1.82) is 0 Å². The molecule has 0 aromatic rings. The summed E-state index contributed by atoms with van der Waals surface area (Å²) in [4.78, 5) is 5.98. The van der Waals surface area contributed by atoms with E-state index < -0.39 is 0 Å². The van der Waals surface area contributed by atoms with Gasteiger partial charge in [-0.1, -0.05) is 0 Å². The Kier molecular flexibility index (Phi) is 5.10. The maximum atomic E-state index is 10.1. The minimum atomic E-state index is 0.345. The van der Waals surface area contributed by atoms with Crippen molar-refractivity contribution in [3.63, 3.8) is 0 Å². The van der Waals surface area contributed by atoms with E-state index in [4.69, 9.17) is 0 Å². The molecule has 0 fully saturated rings. The second-order valence-electron chi connectivity index (χ2n) is 5.42. The Morgan fingerprint density at radius 1 is 0.842 bits per heavy atom. The number of hydrogen-bond acceptors (Lipinski definition) is 4. The van der Waals surface area contributed by atoms with Gasteiger partial charge in [-0.15, -0.1) is 0 Å². The molecule has 0 unspecified atom stereocenters. The Morgan fingerprint density at radius 3 is 1.79 bits per heavy atom. The molecule has 1 N–H and O–H groups in total. The summed E-state index contributed by atoms with van der Waals surface area (Å²) in [7, 11) is 11.9. The molecule has 0 aliphatic heterocycles. The lowest BCUT2D eigenvalue weighted by Crippen LogP contribution is -2.14. The summed E-state index contributed by atoms with van der Waals surface area (Å²) in [6.07, 6.45) is 8.70. The largest absolute Gasteiger partial charge is 0.508 e. The Morgan fingerprint density at radius 2 is 1.32 bits per heavy atom. The van der Waals surface area contributed by atoms with Gasteiger partial charge in [0.1, 0.15) is 5.76 Å². The number of rotatable bonds is 3.